The molecule has 2 aromatic rings. The molecule has 0 aliphatic heterocycles. The van der Waals surface area contributed by atoms with Gasteiger partial charge in [0.05, 0.1) is 7.11 Å². The molecule has 0 saturated heterocycles. The Bertz CT molecular complexity index is 540. The fourth-order valence-electron chi connectivity index (χ4n) is 1.77. The molecule has 1 aromatic carbocycles. The first-order valence-electron chi connectivity index (χ1n) is 5.79. The molecule has 4 heteroatoms. The van der Waals surface area contributed by atoms with Gasteiger partial charge in [0.15, 0.2) is 0 Å². The molecule has 0 fully saturated rings. The highest BCUT2D eigenvalue weighted by Gasteiger charge is 2.03. The van der Waals surface area contributed by atoms with E-state index in [0.29, 0.717) is 6.54 Å². The number of hydrogen-bond acceptors (Lipinski definition) is 4. The molecular weight excluding hydrogens is 226 g/mol. The third kappa shape index (κ3) is 2.78. The monoisotopic (exact) mass is 243 g/mol. The van der Waals surface area contributed by atoms with Crippen molar-refractivity contribution in [1.82, 2.24) is 4.98 Å². The zero-order chi connectivity index (χ0) is 13.0. The number of pyridine rings is 1. The van der Waals surface area contributed by atoms with Gasteiger partial charge in [0.1, 0.15) is 11.6 Å². The molecule has 0 aliphatic rings. The molecule has 0 bridgehead atoms. The van der Waals surface area contributed by atoms with Crippen molar-refractivity contribution in [3.05, 3.63) is 47.7 Å². The summed E-state index contributed by atoms with van der Waals surface area (Å²) in [4.78, 5) is 4.26. The van der Waals surface area contributed by atoms with E-state index in [-0.39, 0.29) is 0 Å². The van der Waals surface area contributed by atoms with Crippen LogP contribution in [0.15, 0.2) is 36.5 Å². The lowest BCUT2D eigenvalue weighted by molar-refractivity contribution is 0.410. The second-order valence-corrected chi connectivity index (χ2v) is 4.07. The molecular formula is C14H17N3O. The van der Waals surface area contributed by atoms with Crippen LogP contribution >= 0.6 is 0 Å². The van der Waals surface area contributed by atoms with Gasteiger partial charge in [0, 0.05) is 24.0 Å². The number of hydrogen-bond donors (Lipinski definition) is 2. The Kier molecular flexibility index (Phi) is 3.79. The van der Waals surface area contributed by atoms with E-state index in [1.165, 1.54) is 5.56 Å². The summed E-state index contributed by atoms with van der Waals surface area (Å²) >= 11 is 0. The molecule has 0 spiro atoms. The molecule has 1 heterocycles. The fourth-order valence-corrected chi connectivity index (χ4v) is 1.77. The Morgan fingerprint density at radius 2 is 2.11 bits per heavy atom. The standard InChI is InChI=1S/C14H17N3O/c1-10-5-6-16-14(7-10)17-12-3-4-13(18-2)11(8-12)9-15/h3-8H,9,15H2,1-2H3,(H,16,17). The van der Waals surface area contributed by atoms with Gasteiger partial charge in [-0.15, -0.1) is 0 Å². The number of ether oxygens (including phenoxy) is 1. The number of anilines is 2. The zero-order valence-corrected chi connectivity index (χ0v) is 10.6. The average molecular weight is 243 g/mol. The molecule has 0 amide bonds. The minimum atomic E-state index is 0.444. The lowest BCUT2D eigenvalue weighted by Crippen LogP contribution is -2.01. The van der Waals surface area contributed by atoms with Gasteiger partial charge in [-0.1, -0.05) is 0 Å². The molecule has 1 aromatic heterocycles. The highest BCUT2D eigenvalue weighted by molar-refractivity contribution is 5.59. The quantitative estimate of drug-likeness (QED) is 0.866. The summed E-state index contributed by atoms with van der Waals surface area (Å²) in [6.45, 7) is 2.48. The molecule has 0 aliphatic carbocycles. The molecule has 18 heavy (non-hydrogen) atoms. The second kappa shape index (κ2) is 5.51. The number of methoxy groups -OCH3 is 1. The third-order valence-electron chi connectivity index (χ3n) is 2.69. The van der Waals surface area contributed by atoms with Crippen molar-refractivity contribution in [3.8, 4) is 5.75 Å². The van der Waals surface area contributed by atoms with Gasteiger partial charge in [-0.05, 0) is 42.8 Å². The first kappa shape index (κ1) is 12.4. The molecule has 0 unspecified atom stereocenters. The number of rotatable bonds is 4. The Balaban J connectivity index is 2.24. The van der Waals surface area contributed by atoms with Crippen LogP contribution in [0.3, 0.4) is 0 Å². The SMILES string of the molecule is COc1ccc(Nc2cc(C)ccn2)cc1CN. The van der Waals surface area contributed by atoms with E-state index >= 15 is 0 Å². The van der Waals surface area contributed by atoms with E-state index in [2.05, 4.69) is 10.3 Å². The van der Waals surface area contributed by atoms with E-state index in [1.807, 2.05) is 37.3 Å². The summed E-state index contributed by atoms with van der Waals surface area (Å²) in [5.74, 6) is 1.63. The zero-order valence-electron chi connectivity index (χ0n) is 10.6. The second-order valence-electron chi connectivity index (χ2n) is 4.07. The Labute approximate surface area is 107 Å². The highest BCUT2D eigenvalue weighted by atomic mass is 16.5. The lowest BCUT2D eigenvalue weighted by Gasteiger charge is -2.11. The molecule has 0 saturated carbocycles. The van der Waals surface area contributed by atoms with Gasteiger partial charge in [-0.2, -0.15) is 0 Å². The smallest absolute Gasteiger partial charge is 0.130 e. The predicted molar refractivity (Wildman–Crippen MR) is 73.1 cm³/mol. The van der Waals surface area contributed by atoms with E-state index in [0.717, 1.165) is 22.8 Å². The van der Waals surface area contributed by atoms with Gasteiger partial charge in [0.2, 0.25) is 0 Å². The van der Waals surface area contributed by atoms with Crippen LogP contribution in [0.25, 0.3) is 0 Å². The van der Waals surface area contributed by atoms with Gasteiger partial charge < -0.3 is 15.8 Å². The average Bonchev–Trinajstić information content (AvgIpc) is 2.38. The number of aromatic nitrogens is 1. The normalized spacial score (nSPS) is 10.2. The van der Waals surface area contributed by atoms with Crippen molar-refractivity contribution >= 4 is 11.5 Å². The highest BCUT2D eigenvalue weighted by Crippen LogP contribution is 2.24. The Hall–Kier alpha value is -2.07. The fraction of sp³-hybridized carbons (Fsp3) is 0.214. The van der Waals surface area contributed by atoms with Crippen molar-refractivity contribution in [2.45, 2.75) is 13.5 Å². The minimum absolute atomic E-state index is 0.444. The molecule has 0 atom stereocenters. The number of aryl methyl sites for hydroxylation is 1. The van der Waals surface area contributed by atoms with Gasteiger partial charge in [0.25, 0.3) is 0 Å². The first-order chi connectivity index (χ1) is 8.72. The van der Waals surface area contributed by atoms with Crippen LogP contribution in [0, 0.1) is 6.92 Å². The minimum Gasteiger partial charge on any atom is -0.496 e. The summed E-state index contributed by atoms with van der Waals surface area (Å²) < 4.78 is 5.24. The van der Waals surface area contributed by atoms with Crippen LogP contribution in [0.2, 0.25) is 0 Å². The van der Waals surface area contributed by atoms with Crippen LogP contribution in [-0.4, -0.2) is 12.1 Å². The van der Waals surface area contributed by atoms with Crippen molar-refractivity contribution in [2.24, 2.45) is 5.73 Å². The maximum absolute atomic E-state index is 5.69. The molecule has 0 radical (unpaired) electrons. The summed E-state index contributed by atoms with van der Waals surface area (Å²) in [6.07, 6.45) is 1.78. The van der Waals surface area contributed by atoms with Crippen LogP contribution in [0.1, 0.15) is 11.1 Å². The number of benzene rings is 1. The lowest BCUT2D eigenvalue weighted by atomic mass is 10.1. The maximum atomic E-state index is 5.69. The van der Waals surface area contributed by atoms with E-state index in [4.69, 9.17) is 10.5 Å². The van der Waals surface area contributed by atoms with Gasteiger partial charge in [-0.25, -0.2) is 4.98 Å². The van der Waals surface area contributed by atoms with Gasteiger partial charge >= 0.3 is 0 Å². The van der Waals surface area contributed by atoms with E-state index < -0.39 is 0 Å². The Morgan fingerprint density at radius 3 is 2.78 bits per heavy atom. The van der Waals surface area contributed by atoms with Crippen LogP contribution < -0.4 is 15.8 Å². The van der Waals surface area contributed by atoms with E-state index in [9.17, 15) is 0 Å². The largest absolute Gasteiger partial charge is 0.496 e. The summed E-state index contributed by atoms with van der Waals surface area (Å²) in [7, 11) is 1.64. The van der Waals surface area contributed by atoms with Crippen molar-refractivity contribution in [2.75, 3.05) is 12.4 Å². The van der Waals surface area contributed by atoms with Crippen molar-refractivity contribution in [1.29, 1.82) is 0 Å². The third-order valence-corrected chi connectivity index (χ3v) is 2.69. The van der Waals surface area contributed by atoms with Crippen molar-refractivity contribution < 1.29 is 4.74 Å². The number of nitrogens with two attached hydrogens (primary N) is 1. The van der Waals surface area contributed by atoms with Gasteiger partial charge in [-0.3, -0.25) is 0 Å². The topological polar surface area (TPSA) is 60.2 Å². The summed E-state index contributed by atoms with van der Waals surface area (Å²) in [6, 6.07) is 9.78. The maximum Gasteiger partial charge on any atom is 0.130 e. The molecule has 94 valence electrons. The predicted octanol–water partition coefficient (Wildman–Crippen LogP) is 2.60. The van der Waals surface area contributed by atoms with Crippen molar-refractivity contribution in [3.63, 3.8) is 0 Å². The van der Waals surface area contributed by atoms with Crippen LogP contribution in [0.5, 0.6) is 5.75 Å². The van der Waals surface area contributed by atoms with Crippen LogP contribution in [0.4, 0.5) is 11.5 Å². The molecule has 4 nitrogen and oxygen atoms in total. The van der Waals surface area contributed by atoms with E-state index in [1.54, 1.807) is 13.3 Å². The summed E-state index contributed by atoms with van der Waals surface area (Å²) in [5.41, 5.74) is 8.78. The number of nitrogens with zero attached hydrogens (tertiary/aromatic N) is 1. The van der Waals surface area contributed by atoms with Crippen LogP contribution in [-0.2, 0) is 6.54 Å². The molecule has 3 N–H and O–H groups in total. The Morgan fingerprint density at radius 1 is 1.28 bits per heavy atom. The first-order valence-corrected chi connectivity index (χ1v) is 5.79. The summed E-state index contributed by atoms with van der Waals surface area (Å²) in [5, 5.41) is 3.25. The molecule has 2 rings (SSSR count). The number of nitrogens with one attached hydrogen (secondary N) is 1.